The van der Waals surface area contributed by atoms with Gasteiger partial charge in [0, 0.05) is 16.5 Å². The van der Waals surface area contributed by atoms with Crippen molar-refractivity contribution in [3.63, 3.8) is 0 Å². The van der Waals surface area contributed by atoms with Crippen molar-refractivity contribution in [1.82, 2.24) is 4.98 Å². The maximum atomic E-state index is 12.3. The van der Waals surface area contributed by atoms with Crippen LogP contribution in [0.15, 0.2) is 17.6 Å². The van der Waals surface area contributed by atoms with Gasteiger partial charge in [0.2, 0.25) is 0 Å². The highest BCUT2D eigenvalue weighted by atomic mass is 32.1. The fourth-order valence-electron chi connectivity index (χ4n) is 2.57. The number of carbonyl (C=O) groups excluding carboxylic acids is 2. The second-order valence-electron chi connectivity index (χ2n) is 5.39. The first-order chi connectivity index (χ1) is 11.2. The summed E-state index contributed by atoms with van der Waals surface area (Å²) in [7, 11) is 0. The van der Waals surface area contributed by atoms with Crippen LogP contribution in [0.1, 0.15) is 46.3 Å². The summed E-state index contributed by atoms with van der Waals surface area (Å²) in [6.45, 7) is 1.82. The maximum Gasteiger partial charge on any atom is 0.349 e. The van der Waals surface area contributed by atoms with E-state index in [4.69, 9.17) is 4.74 Å². The number of hydrogen-bond acceptors (Lipinski definition) is 6. The number of fused-ring (bicyclic) bond motifs is 1. The van der Waals surface area contributed by atoms with Gasteiger partial charge in [-0.2, -0.15) is 0 Å². The molecule has 1 N–H and O–H groups in total. The van der Waals surface area contributed by atoms with E-state index in [1.54, 1.807) is 11.6 Å². The predicted molar refractivity (Wildman–Crippen MR) is 91.2 cm³/mol. The molecule has 7 heteroatoms. The van der Waals surface area contributed by atoms with Gasteiger partial charge in [-0.05, 0) is 43.7 Å². The number of amides is 1. The Bertz CT molecular complexity index is 671. The summed E-state index contributed by atoms with van der Waals surface area (Å²) in [5, 5.41) is 4.96. The number of rotatable bonds is 5. The van der Waals surface area contributed by atoms with Gasteiger partial charge in [-0.3, -0.25) is 10.1 Å². The van der Waals surface area contributed by atoms with Crippen molar-refractivity contribution in [2.75, 3.05) is 5.32 Å². The smallest absolute Gasteiger partial charge is 0.349 e. The Morgan fingerprint density at radius 3 is 2.91 bits per heavy atom. The predicted octanol–water partition coefficient (Wildman–Crippen LogP) is 3.66. The molecule has 2 heterocycles. The Morgan fingerprint density at radius 2 is 2.22 bits per heavy atom. The standard InChI is InChI=1S/C16H18N2O3S2/c1-2-11(14(19)18-16-17-7-8-22-16)21-15(20)13-9-10-5-3-4-6-12(10)23-13/h7-9,11H,2-6H2,1H3,(H,17,18,19). The summed E-state index contributed by atoms with van der Waals surface area (Å²) in [5.74, 6) is -0.748. The molecule has 3 rings (SSSR count). The monoisotopic (exact) mass is 350 g/mol. The molecule has 0 spiro atoms. The molecule has 1 aliphatic rings. The third-order valence-corrected chi connectivity index (χ3v) is 5.68. The molecule has 1 atom stereocenters. The van der Waals surface area contributed by atoms with Crippen LogP contribution in [0, 0.1) is 0 Å². The molecule has 5 nitrogen and oxygen atoms in total. The average molecular weight is 350 g/mol. The van der Waals surface area contributed by atoms with Crippen LogP contribution in [0.2, 0.25) is 0 Å². The average Bonchev–Trinajstić information content (AvgIpc) is 3.20. The Labute approximate surface area is 142 Å². The molecule has 122 valence electrons. The minimum atomic E-state index is -0.800. The lowest BCUT2D eigenvalue weighted by Gasteiger charge is -2.14. The summed E-state index contributed by atoms with van der Waals surface area (Å²) >= 11 is 2.83. The lowest BCUT2D eigenvalue weighted by atomic mass is 9.99. The fourth-order valence-corrected chi connectivity index (χ4v) is 4.24. The molecule has 0 saturated heterocycles. The van der Waals surface area contributed by atoms with E-state index in [2.05, 4.69) is 10.3 Å². The van der Waals surface area contributed by atoms with Crippen LogP contribution in [-0.4, -0.2) is 23.0 Å². The first-order valence-corrected chi connectivity index (χ1v) is 9.40. The van der Waals surface area contributed by atoms with Gasteiger partial charge in [0.1, 0.15) is 4.88 Å². The third-order valence-electron chi connectivity index (χ3n) is 3.77. The van der Waals surface area contributed by atoms with Crippen molar-refractivity contribution in [1.29, 1.82) is 0 Å². The molecule has 0 aliphatic heterocycles. The van der Waals surface area contributed by atoms with Crippen molar-refractivity contribution < 1.29 is 14.3 Å². The Balaban J connectivity index is 1.65. The van der Waals surface area contributed by atoms with Crippen LogP contribution in [0.25, 0.3) is 0 Å². The maximum absolute atomic E-state index is 12.3. The van der Waals surface area contributed by atoms with Crippen LogP contribution in [0.4, 0.5) is 5.13 Å². The van der Waals surface area contributed by atoms with E-state index in [9.17, 15) is 9.59 Å². The zero-order valence-corrected chi connectivity index (χ0v) is 14.5. The minimum absolute atomic E-state index is 0.336. The molecule has 2 aromatic rings. The number of nitrogens with zero attached hydrogens (tertiary/aromatic N) is 1. The molecule has 0 radical (unpaired) electrons. The lowest BCUT2D eigenvalue weighted by Crippen LogP contribution is -2.31. The molecule has 0 bridgehead atoms. The van der Waals surface area contributed by atoms with Crippen molar-refractivity contribution >= 4 is 39.7 Å². The SMILES string of the molecule is CCC(OC(=O)c1cc2c(s1)CCCC2)C(=O)Nc1nccs1. The highest BCUT2D eigenvalue weighted by molar-refractivity contribution is 7.14. The second kappa shape index (κ2) is 7.23. The van der Waals surface area contributed by atoms with Crippen LogP contribution >= 0.6 is 22.7 Å². The van der Waals surface area contributed by atoms with Crippen molar-refractivity contribution in [3.8, 4) is 0 Å². The first kappa shape index (κ1) is 16.1. The summed E-state index contributed by atoms with van der Waals surface area (Å²) in [6, 6.07) is 1.92. The number of hydrogen-bond donors (Lipinski definition) is 1. The lowest BCUT2D eigenvalue weighted by molar-refractivity contribution is -0.124. The van der Waals surface area contributed by atoms with Crippen LogP contribution < -0.4 is 5.32 Å². The van der Waals surface area contributed by atoms with Crippen molar-refractivity contribution in [2.24, 2.45) is 0 Å². The van der Waals surface area contributed by atoms with Gasteiger partial charge >= 0.3 is 5.97 Å². The number of nitrogens with one attached hydrogen (secondary N) is 1. The quantitative estimate of drug-likeness (QED) is 0.836. The van der Waals surface area contributed by atoms with Gasteiger partial charge in [-0.25, -0.2) is 9.78 Å². The normalized spacial score (nSPS) is 14.8. The number of aromatic nitrogens is 1. The van der Waals surface area contributed by atoms with E-state index in [0.29, 0.717) is 16.4 Å². The van der Waals surface area contributed by atoms with E-state index < -0.39 is 12.1 Å². The van der Waals surface area contributed by atoms with Gasteiger partial charge < -0.3 is 4.74 Å². The van der Waals surface area contributed by atoms with Crippen LogP contribution in [-0.2, 0) is 22.4 Å². The highest BCUT2D eigenvalue weighted by Gasteiger charge is 2.25. The summed E-state index contributed by atoms with van der Waals surface area (Å²) in [5.41, 5.74) is 1.26. The Kier molecular flexibility index (Phi) is 5.07. The number of carbonyl (C=O) groups is 2. The van der Waals surface area contributed by atoms with Gasteiger partial charge in [0.05, 0.1) is 0 Å². The number of esters is 1. The molecule has 2 aromatic heterocycles. The second-order valence-corrected chi connectivity index (χ2v) is 7.43. The Hall–Kier alpha value is -1.73. The molecule has 23 heavy (non-hydrogen) atoms. The summed E-state index contributed by atoms with van der Waals surface area (Å²) in [4.78, 5) is 30.4. The molecular weight excluding hydrogens is 332 g/mol. The molecule has 0 aromatic carbocycles. The molecule has 0 saturated carbocycles. The van der Waals surface area contributed by atoms with E-state index in [0.717, 1.165) is 12.8 Å². The number of thiazole rings is 1. The summed E-state index contributed by atoms with van der Waals surface area (Å²) in [6.07, 6.45) is 5.65. The largest absolute Gasteiger partial charge is 0.448 e. The number of aryl methyl sites for hydroxylation is 2. The van der Waals surface area contributed by atoms with Crippen LogP contribution in [0.5, 0.6) is 0 Å². The highest BCUT2D eigenvalue weighted by Crippen LogP contribution is 2.30. The number of thiophene rings is 1. The molecule has 1 aliphatic carbocycles. The van der Waals surface area contributed by atoms with Crippen LogP contribution in [0.3, 0.4) is 0 Å². The molecule has 1 amide bonds. The van der Waals surface area contributed by atoms with E-state index in [-0.39, 0.29) is 5.91 Å². The van der Waals surface area contributed by atoms with E-state index in [1.165, 1.54) is 46.0 Å². The van der Waals surface area contributed by atoms with E-state index in [1.807, 2.05) is 13.0 Å². The number of anilines is 1. The molecular formula is C16H18N2O3S2. The molecule has 0 fully saturated rings. The van der Waals surface area contributed by atoms with Gasteiger partial charge in [0.15, 0.2) is 11.2 Å². The van der Waals surface area contributed by atoms with E-state index >= 15 is 0 Å². The Morgan fingerprint density at radius 1 is 1.39 bits per heavy atom. The van der Waals surface area contributed by atoms with Gasteiger partial charge in [-0.1, -0.05) is 6.92 Å². The topological polar surface area (TPSA) is 68.3 Å². The fraction of sp³-hybridized carbons (Fsp3) is 0.438. The van der Waals surface area contributed by atoms with Gasteiger partial charge in [-0.15, -0.1) is 22.7 Å². The van der Waals surface area contributed by atoms with Gasteiger partial charge in [0.25, 0.3) is 5.91 Å². The molecule has 1 unspecified atom stereocenters. The van der Waals surface area contributed by atoms with Crippen molar-refractivity contribution in [3.05, 3.63) is 33.0 Å². The minimum Gasteiger partial charge on any atom is -0.448 e. The number of ether oxygens (including phenoxy) is 1. The zero-order chi connectivity index (χ0) is 16.2. The first-order valence-electron chi connectivity index (χ1n) is 7.70. The zero-order valence-electron chi connectivity index (χ0n) is 12.8. The van der Waals surface area contributed by atoms with Crippen molar-refractivity contribution in [2.45, 2.75) is 45.1 Å². The summed E-state index contributed by atoms with van der Waals surface area (Å²) < 4.78 is 5.41. The third kappa shape index (κ3) is 3.79.